The number of piperidine rings is 1. The first kappa shape index (κ1) is 14.9. The maximum Gasteiger partial charge on any atom is 0.255 e. The summed E-state index contributed by atoms with van der Waals surface area (Å²) in [6, 6.07) is 7.81. The van der Waals surface area contributed by atoms with E-state index in [1.54, 1.807) is 0 Å². The highest BCUT2D eigenvalue weighted by Gasteiger charge is 2.38. The second-order valence-corrected chi connectivity index (χ2v) is 6.75. The Kier molecular flexibility index (Phi) is 3.40. The molecule has 6 heteroatoms. The first-order valence-electron chi connectivity index (χ1n) is 8.23. The Bertz CT molecular complexity index is 887. The normalized spacial score (nSPS) is 17.3. The fourth-order valence-corrected chi connectivity index (χ4v) is 3.39. The van der Waals surface area contributed by atoms with Crippen molar-refractivity contribution in [3.05, 3.63) is 47.7 Å². The summed E-state index contributed by atoms with van der Waals surface area (Å²) in [5.74, 6) is 1.41. The Labute approximate surface area is 139 Å². The molecule has 124 valence electrons. The average Bonchev–Trinajstić information content (AvgIpc) is 3.23. The molecule has 3 aromatic rings. The van der Waals surface area contributed by atoms with Crippen molar-refractivity contribution in [1.82, 2.24) is 20.0 Å². The Morgan fingerprint density at radius 1 is 1.29 bits per heavy atom. The van der Waals surface area contributed by atoms with E-state index in [2.05, 4.69) is 22.0 Å². The number of likely N-dealkylation sites (tertiary alicyclic amines) is 1. The molecular formula is C18H20N4O2. The van der Waals surface area contributed by atoms with E-state index in [1.807, 2.05) is 42.3 Å². The van der Waals surface area contributed by atoms with E-state index in [-0.39, 0.29) is 11.3 Å². The van der Waals surface area contributed by atoms with Crippen molar-refractivity contribution in [3.63, 3.8) is 0 Å². The summed E-state index contributed by atoms with van der Waals surface area (Å²) in [7, 11) is 0. The van der Waals surface area contributed by atoms with Crippen molar-refractivity contribution in [2.45, 2.75) is 32.1 Å². The third-order valence-corrected chi connectivity index (χ3v) is 5.02. The van der Waals surface area contributed by atoms with Crippen molar-refractivity contribution in [1.29, 1.82) is 0 Å². The molecule has 1 fully saturated rings. The molecule has 24 heavy (non-hydrogen) atoms. The number of H-pyrrole nitrogens is 1. The second-order valence-electron chi connectivity index (χ2n) is 6.75. The number of carbonyl (C=O) groups excluding carboxylic acids is 1. The highest BCUT2D eigenvalue weighted by atomic mass is 16.5. The highest BCUT2D eigenvalue weighted by Crippen LogP contribution is 2.34. The molecule has 0 unspecified atom stereocenters. The molecule has 1 N–H and O–H groups in total. The number of para-hydroxylation sites is 1. The number of carbonyl (C=O) groups is 1. The quantitative estimate of drug-likeness (QED) is 0.786. The van der Waals surface area contributed by atoms with Crippen LogP contribution in [0.5, 0.6) is 0 Å². The number of aromatic nitrogens is 3. The monoisotopic (exact) mass is 324 g/mol. The van der Waals surface area contributed by atoms with Gasteiger partial charge in [-0.1, -0.05) is 24.2 Å². The zero-order chi connectivity index (χ0) is 16.7. The molecule has 0 spiro atoms. The smallest absolute Gasteiger partial charge is 0.255 e. The molecule has 4 rings (SSSR count). The predicted molar refractivity (Wildman–Crippen MR) is 89.8 cm³/mol. The molecule has 1 saturated heterocycles. The molecule has 2 aromatic heterocycles. The van der Waals surface area contributed by atoms with E-state index in [4.69, 9.17) is 4.52 Å². The SMILES string of the molecule is Cc1noc(C2(C)CCN(C(=O)c3cccc4cc[nH]c34)CC2)n1. The maximum atomic E-state index is 12.9. The van der Waals surface area contributed by atoms with E-state index in [0.717, 1.165) is 29.3 Å². The number of benzene rings is 1. The van der Waals surface area contributed by atoms with Gasteiger partial charge in [0, 0.05) is 24.7 Å². The molecule has 1 aliphatic rings. The molecule has 0 aliphatic carbocycles. The molecule has 0 saturated carbocycles. The molecule has 0 atom stereocenters. The van der Waals surface area contributed by atoms with Crippen molar-refractivity contribution in [3.8, 4) is 0 Å². The lowest BCUT2D eigenvalue weighted by atomic mass is 9.80. The second kappa shape index (κ2) is 5.47. The van der Waals surface area contributed by atoms with E-state index in [1.165, 1.54) is 0 Å². The van der Waals surface area contributed by atoms with Crippen LogP contribution in [0.3, 0.4) is 0 Å². The van der Waals surface area contributed by atoms with Crippen molar-refractivity contribution in [2.75, 3.05) is 13.1 Å². The summed E-state index contributed by atoms with van der Waals surface area (Å²) in [4.78, 5) is 22.4. The highest BCUT2D eigenvalue weighted by molar-refractivity contribution is 6.05. The molecule has 6 nitrogen and oxygen atoms in total. The number of nitrogens with zero attached hydrogens (tertiary/aromatic N) is 3. The van der Waals surface area contributed by atoms with Gasteiger partial charge >= 0.3 is 0 Å². The molecular weight excluding hydrogens is 304 g/mol. The summed E-state index contributed by atoms with van der Waals surface area (Å²) in [5.41, 5.74) is 1.48. The van der Waals surface area contributed by atoms with Gasteiger partial charge in [0.2, 0.25) is 5.89 Å². The zero-order valence-electron chi connectivity index (χ0n) is 13.9. The lowest BCUT2D eigenvalue weighted by Crippen LogP contribution is -2.44. The van der Waals surface area contributed by atoms with E-state index >= 15 is 0 Å². The van der Waals surface area contributed by atoms with Crippen molar-refractivity contribution < 1.29 is 9.32 Å². The summed E-state index contributed by atoms with van der Waals surface area (Å²) in [5, 5.41) is 4.96. The van der Waals surface area contributed by atoms with Gasteiger partial charge in [0.15, 0.2) is 5.82 Å². The fraction of sp³-hybridized carbons (Fsp3) is 0.389. The lowest BCUT2D eigenvalue weighted by molar-refractivity contribution is 0.0655. The molecule has 1 amide bonds. The minimum atomic E-state index is -0.156. The van der Waals surface area contributed by atoms with Crippen LogP contribution >= 0.6 is 0 Å². The summed E-state index contributed by atoms with van der Waals surface area (Å²) >= 11 is 0. The fourth-order valence-electron chi connectivity index (χ4n) is 3.39. The zero-order valence-corrected chi connectivity index (χ0v) is 13.9. The molecule has 0 bridgehead atoms. The van der Waals surface area contributed by atoms with Gasteiger partial charge in [-0.2, -0.15) is 4.98 Å². The summed E-state index contributed by atoms with van der Waals surface area (Å²) < 4.78 is 5.36. The van der Waals surface area contributed by atoms with Crippen LogP contribution in [-0.4, -0.2) is 39.0 Å². The van der Waals surface area contributed by atoms with Gasteiger partial charge in [0.1, 0.15) is 0 Å². The van der Waals surface area contributed by atoms with Crippen LogP contribution in [0.2, 0.25) is 0 Å². The molecule has 0 radical (unpaired) electrons. The predicted octanol–water partition coefficient (Wildman–Crippen LogP) is 3.05. The number of hydrogen-bond acceptors (Lipinski definition) is 4. The number of aromatic amines is 1. The maximum absolute atomic E-state index is 12.9. The number of rotatable bonds is 2. The van der Waals surface area contributed by atoms with Gasteiger partial charge in [-0.25, -0.2) is 0 Å². The van der Waals surface area contributed by atoms with Gasteiger partial charge in [-0.05, 0) is 31.9 Å². The topological polar surface area (TPSA) is 75.0 Å². The van der Waals surface area contributed by atoms with Gasteiger partial charge in [0.05, 0.1) is 16.5 Å². The van der Waals surface area contributed by atoms with Crippen molar-refractivity contribution in [2.24, 2.45) is 0 Å². The summed E-state index contributed by atoms with van der Waals surface area (Å²) in [6.45, 7) is 5.33. The number of nitrogens with one attached hydrogen (secondary N) is 1. The Balaban J connectivity index is 1.53. The minimum Gasteiger partial charge on any atom is -0.361 e. The molecule has 1 aliphatic heterocycles. The Morgan fingerprint density at radius 3 is 2.79 bits per heavy atom. The third kappa shape index (κ3) is 2.38. The van der Waals surface area contributed by atoms with Gasteiger partial charge < -0.3 is 14.4 Å². The lowest BCUT2D eigenvalue weighted by Gasteiger charge is -2.37. The van der Waals surface area contributed by atoms with Gasteiger partial charge in [-0.15, -0.1) is 0 Å². The Hall–Kier alpha value is -2.63. The van der Waals surface area contributed by atoms with Crippen LogP contribution in [-0.2, 0) is 5.41 Å². The van der Waals surface area contributed by atoms with Gasteiger partial charge in [-0.3, -0.25) is 4.79 Å². The van der Waals surface area contributed by atoms with Crippen LogP contribution in [0.1, 0.15) is 41.8 Å². The summed E-state index contributed by atoms with van der Waals surface area (Å²) in [6.07, 6.45) is 3.51. The number of fused-ring (bicyclic) bond motifs is 1. The number of hydrogen-bond donors (Lipinski definition) is 1. The molecule has 1 aromatic carbocycles. The van der Waals surface area contributed by atoms with E-state index < -0.39 is 0 Å². The van der Waals surface area contributed by atoms with Crippen LogP contribution in [0.15, 0.2) is 35.0 Å². The average molecular weight is 324 g/mol. The first-order valence-corrected chi connectivity index (χ1v) is 8.23. The standard InChI is InChI=1S/C18H20N4O2/c1-12-20-17(24-21-12)18(2)7-10-22(11-8-18)16(23)14-5-3-4-13-6-9-19-15(13)14/h3-6,9,19H,7-8,10-11H2,1-2H3. The van der Waals surface area contributed by atoms with E-state index in [9.17, 15) is 4.79 Å². The molecule has 3 heterocycles. The van der Waals surface area contributed by atoms with Crippen LogP contribution < -0.4 is 0 Å². The van der Waals surface area contributed by atoms with Crippen LogP contribution in [0.25, 0.3) is 10.9 Å². The van der Waals surface area contributed by atoms with Crippen LogP contribution in [0, 0.1) is 6.92 Å². The number of amides is 1. The minimum absolute atomic E-state index is 0.0757. The van der Waals surface area contributed by atoms with Crippen molar-refractivity contribution >= 4 is 16.8 Å². The first-order chi connectivity index (χ1) is 11.6. The Morgan fingerprint density at radius 2 is 2.08 bits per heavy atom. The third-order valence-electron chi connectivity index (χ3n) is 5.02. The van der Waals surface area contributed by atoms with Gasteiger partial charge in [0.25, 0.3) is 5.91 Å². The van der Waals surface area contributed by atoms with E-state index in [0.29, 0.717) is 24.8 Å². The van der Waals surface area contributed by atoms with Crippen LogP contribution in [0.4, 0.5) is 0 Å². The number of aryl methyl sites for hydroxylation is 1. The largest absolute Gasteiger partial charge is 0.361 e.